The summed E-state index contributed by atoms with van der Waals surface area (Å²) in [5.74, 6) is 0.934. The van der Waals surface area contributed by atoms with E-state index in [-0.39, 0.29) is 12.5 Å². The van der Waals surface area contributed by atoms with Gasteiger partial charge in [-0.1, -0.05) is 30.3 Å². The van der Waals surface area contributed by atoms with Crippen LogP contribution in [-0.4, -0.2) is 33.0 Å². The Morgan fingerprint density at radius 2 is 1.96 bits per heavy atom. The van der Waals surface area contributed by atoms with Gasteiger partial charge in [0.15, 0.2) is 5.82 Å². The molecule has 0 aliphatic rings. The Morgan fingerprint density at radius 3 is 2.67 bits per heavy atom. The summed E-state index contributed by atoms with van der Waals surface area (Å²) in [5.41, 5.74) is 2.43. The van der Waals surface area contributed by atoms with E-state index in [1.807, 2.05) is 31.2 Å². The van der Waals surface area contributed by atoms with Crippen LogP contribution >= 0.6 is 0 Å². The fourth-order valence-electron chi connectivity index (χ4n) is 2.62. The number of hydrogen-bond donors (Lipinski definition) is 0. The van der Waals surface area contributed by atoms with Crippen LogP contribution < -0.4 is 0 Å². The van der Waals surface area contributed by atoms with Gasteiger partial charge < -0.3 is 9.42 Å². The first-order valence-corrected chi connectivity index (χ1v) is 8.65. The van der Waals surface area contributed by atoms with E-state index in [1.165, 1.54) is 4.90 Å². The molecule has 0 atom stereocenters. The molecule has 2 heterocycles. The Hall–Kier alpha value is -3.53. The summed E-state index contributed by atoms with van der Waals surface area (Å²) in [4.78, 5) is 22.7. The number of aryl methyl sites for hydroxylation is 1. The van der Waals surface area contributed by atoms with E-state index in [2.05, 4.69) is 15.1 Å². The number of amides is 1. The third-order valence-electron chi connectivity index (χ3n) is 3.99. The number of nitrogens with zero attached hydrogens (tertiary/aromatic N) is 5. The first-order valence-electron chi connectivity index (χ1n) is 8.65. The van der Waals surface area contributed by atoms with Gasteiger partial charge >= 0.3 is 0 Å². The summed E-state index contributed by atoms with van der Waals surface area (Å²) in [7, 11) is 1.69. The lowest BCUT2D eigenvalue weighted by Crippen LogP contribution is -2.26. The zero-order chi connectivity index (χ0) is 19.2. The Bertz CT molecular complexity index is 973. The molecule has 0 N–H and O–H groups in total. The number of rotatable bonds is 6. The van der Waals surface area contributed by atoms with Crippen molar-refractivity contribution in [3.8, 4) is 17.3 Å². The molecule has 0 saturated heterocycles. The van der Waals surface area contributed by atoms with Gasteiger partial charge in [-0.15, -0.1) is 0 Å². The normalized spacial score (nSPS) is 10.4. The molecule has 0 aliphatic heterocycles. The fourth-order valence-corrected chi connectivity index (χ4v) is 2.62. The van der Waals surface area contributed by atoms with Crippen LogP contribution in [-0.2, 0) is 13.0 Å². The molecule has 1 aromatic carbocycles. The smallest absolute Gasteiger partial charge is 0.254 e. The quantitative estimate of drug-likeness (QED) is 0.669. The zero-order valence-corrected chi connectivity index (χ0v) is 15.2. The predicted molar refractivity (Wildman–Crippen MR) is 98.5 cm³/mol. The van der Waals surface area contributed by atoms with Crippen molar-refractivity contribution < 1.29 is 9.32 Å². The molecule has 0 unspecified atom stereocenters. The van der Waals surface area contributed by atoms with E-state index in [4.69, 9.17) is 9.78 Å². The molecule has 0 aliphatic carbocycles. The van der Waals surface area contributed by atoms with Crippen LogP contribution in [0.15, 0.2) is 47.0 Å². The van der Waals surface area contributed by atoms with Crippen LogP contribution in [0.5, 0.6) is 0 Å². The van der Waals surface area contributed by atoms with Gasteiger partial charge in [-0.2, -0.15) is 10.2 Å². The van der Waals surface area contributed by atoms with Gasteiger partial charge in [0.25, 0.3) is 5.91 Å². The minimum atomic E-state index is -0.143. The molecule has 0 bridgehead atoms. The largest absolute Gasteiger partial charge is 0.337 e. The number of benzene rings is 1. The number of hydrogen-bond acceptors (Lipinski definition) is 6. The number of aromatic nitrogens is 3. The molecule has 7 heteroatoms. The Morgan fingerprint density at radius 1 is 1.19 bits per heavy atom. The minimum absolute atomic E-state index is 0.143. The Labute approximate surface area is 157 Å². The first kappa shape index (κ1) is 18.3. The van der Waals surface area contributed by atoms with Crippen LogP contribution in [0.3, 0.4) is 0 Å². The monoisotopic (exact) mass is 361 g/mol. The van der Waals surface area contributed by atoms with Crippen molar-refractivity contribution in [2.75, 3.05) is 7.05 Å². The van der Waals surface area contributed by atoms with Gasteiger partial charge in [0.1, 0.15) is 11.8 Å². The second kappa shape index (κ2) is 8.23. The molecule has 3 aromatic rings. The van der Waals surface area contributed by atoms with Crippen molar-refractivity contribution in [3.05, 3.63) is 65.4 Å². The Balaban J connectivity index is 1.70. The molecule has 2 aromatic heterocycles. The second-order valence-corrected chi connectivity index (χ2v) is 6.11. The van der Waals surface area contributed by atoms with E-state index >= 15 is 0 Å². The first-order chi connectivity index (χ1) is 13.1. The maximum absolute atomic E-state index is 12.6. The highest BCUT2D eigenvalue weighted by atomic mass is 16.5. The minimum Gasteiger partial charge on any atom is -0.337 e. The lowest BCUT2D eigenvalue weighted by Gasteiger charge is -2.15. The van der Waals surface area contributed by atoms with Gasteiger partial charge in [0.2, 0.25) is 5.89 Å². The van der Waals surface area contributed by atoms with Gasteiger partial charge in [0, 0.05) is 24.6 Å². The average Bonchev–Trinajstić information content (AvgIpc) is 3.14. The van der Waals surface area contributed by atoms with Crippen LogP contribution in [0.25, 0.3) is 11.3 Å². The summed E-state index contributed by atoms with van der Waals surface area (Å²) in [6.07, 6.45) is 1.69. The van der Waals surface area contributed by atoms with E-state index in [0.717, 1.165) is 18.4 Å². The standard InChI is InChI=1S/C20H19N5O2/c1-3-5-18-23-19(27-24-18)13-25(2)20(26)15-10-8-14(9-11-15)17-7-4-6-16(12-21)22-17/h4,6-11H,3,5,13H2,1-2H3. The molecule has 136 valence electrons. The van der Waals surface area contributed by atoms with E-state index in [1.54, 1.807) is 31.3 Å². The highest BCUT2D eigenvalue weighted by Crippen LogP contribution is 2.19. The van der Waals surface area contributed by atoms with Gasteiger partial charge in [-0.25, -0.2) is 4.98 Å². The topological polar surface area (TPSA) is 95.9 Å². The summed E-state index contributed by atoms with van der Waals surface area (Å²) in [5, 5.41) is 12.9. The van der Waals surface area contributed by atoms with Crippen molar-refractivity contribution in [1.82, 2.24) is 20.0 Å². The van der Waals surface area contributed by atoms with Crippen LogP contribution in [0.2, 0.25) is 0 Å². The average molecular weight is 361 g/mol. The molecule has 27 heavy (non-hydrogen) atoms. The molecule has 1 amide bonds. The lowest BCUT2D eigenvalue weighted by molar-refractivity contribution is 0.0769. The number of carbonyl (C=O) groups is 1. The van der Waals surface area contributed by atoms with E-state index in [9.17, 15) is 4.79 Å². The van der Waals surface area contributed by atoms with Crippen molar-refractivity contribution >= 4 is 5.91 Å². The van der Waals surface area contributed by atoms with Gasteiger partial charge in [-0.3, -0.25) is 4.79 Å². The number of carbonyl (C=O) groups excluding carboxylic acids is 1. The molecule has 7 nitrogen and oxygen atoms in total. The predicted octanol–water partition coefficient (Wildman–Crippen LogP) is 3.23. The van der Waals surface area contributed by atoms with Crippen LogP contribution in [0.4, 0.5) is 0 Å². The molecular weight excluding hydrogens is 342 g/mol. The van der Waals surface area contributed by atoms with Gasteiger partial charge in [-0.05, 0) is 30.7 Å². The lowest BCUT2D eigenvalue weighted by atomic mass is 10.1. The SMILES string of the molecule is CCCc1noc(CN(C)C(=O)c2ccc(-c3cccc(C#N)n3)cc2)n1. The Kier molecular flexibility index (Phi) is 5.57. The highest BCUT2D eigenvalue weighted by molar-refractivity contribution is 5.94. The summed E-state index contributed by atoms with van der Waals surface area (Å²) >= 11 is 0. The molecule has 0 fully saturated rings. The summed E-state index contributed by atoms with van der Waals surface area (Å²) < 4.78 is 5.18. The molecular formula is C20H19N5O2. The zero-order valence-electron chi connectivity index (χ0n) is 15.2. The third-order valence-corrected chi connectivity index (χ3v) is 3.99. The van der Waals surface area contributed by atoms with Crippen molar-refractivity contribution in [1.29, 1.82) is 5.26 Å². The maximum atomic E-state index is 12.6. The number of pyridine rings is 1. The van der Waals surface area contributed by atoms with Crippen LogP contribution in [0, 0.1) is 11.3 Å². The molecule has 0 saturated carbocycles. The maximum Gasteiger partial charge on any atom is 0.254 e. The van der Waals surface area contributed by atoms with Crippen LogP contribution in [0.1, 0.15) is 41.1 Å². The fraction of sp³-hybridized carbons (Fsp3) is 0.250. The summed E-state index contributed by atoms with van der Waals surface area (Å²) in [6, 6.07) is 14.4. The second-order valence-electron chi connectivity index (χ2n) is 6.11. The molecule has 3 rings (SSSR count). The third kappa shape index (κ3) is 4.36. The molecule has 0 spiro atoms. The molecule has 0 radical (unpaired) electrons. The summed E-state index contributed by atoms with van der Waals surface area (Å²) in [6.45, 7) is 2.30. The van der Waals surface area contributed by atoms with Crippen molar-refractivity contribution in [2.45, 2.75) is 26.3 Å². The van der Waals surface area contributed by atoms with Crippen molar-refractivity contribution in [3.63, 3.8) is 0 Å². The number of nitriles is 1. The van der Waals surface area contributed by atoms with E-state index in [0.29, 0.717) is 28.7 Å². The van der Waals surface area contributed by atoms with Gasteiger partial charge in [0.05, 0.1) is 12.2 Å². The highest BCUT2D eigenvalue weighted by Gasteiger charge is 2.16. The van der Waals surface area contributed by atoms with Crippen molar-refractivity contribution in [2.24, 2.45) is 0 Å². The van der Waals surface area contributed by atoms with E-state index < -0.39 is 0 Å².